The van der Waals surface area contributed by atoms with Crippen LogP contribution in [0.2, 0.25) is 5.02 Å². The van der Waals surface area contributed by atoms with Crippen LogP contribution in [0.3, 0.4) is 0 Å². The number of ether oxygens (including phenoxy) is 1. The third-order valence-corrected chi connectivity index (χ3v) is 5.13. The molecule has 23 heavy (non-hydrogen) atoms. The smallest absolute Gasteiger partial charge is 0.309 e. The summed E-state index contributed by atoms with van der Waals surface area (Å²) in [6, 6.07) is 6.06. The van der Waals surface area contributed by atoms with E-state index in [0.29, 0.717) is 12.3 Å². The molecule has 1 aromatic rings. The van der Waals surface area contributed by atoms with E-state index >= 15 is 0 Å². The standard InChI is InChI=1S/C19H23ClO3/c20-18-8-4-7-16(13-5-2-1-3-6-13)17(18)10-9-15-11-14(21)12-19(22)23-15/h4,7-10,13-15,21H,1-3,5-6,11-12H2. The predicted octanol–water partition coefficient (Wildman–Crippen LogP) is 4.47. The molecule has 1 aromatic carbocycles. The Labute approximate surface area is 142 Å². The highest BCUT2D eigenvalue weighted by Crippen LogP contribution is 2.37. The summed E-state index contributed by atoms with van der Waals surface area (Å²) in [4.78, 5) is 11.4. The van der Waals surface area contributed by atoms with Gasteiger partial charge in [-0.05, 0) is 42.0 Å². The van der Waals surface area contributed by atoms with Gasteiger partial charge in [0.25, 0.3) is 0 Å². The first kappa shape index (κ1) is 16.5. The lowest BCUT2D eigenvalue weighted by atomic mass is 9.82. The van der Waals surface area contributed by atoms with Crippen LogP contribution >= 0.6 is 11.6 Å². The molecule has 0 aromatic heterocycles. The minimum absolute atomic E-state index is 0.0871. The van der Waals surface area contributed by atoms with Gasteiger partial charge in [0.2, 0.25) is 0 Å². The molecular formula is C19H23ClO3. The van der Waals surface area contributed by atoms with Gasteiger partial charge in [0.05, 0.1) is 12.5 Å². The predicted molar refractivity (Wildman–Crippen MR) is 91.4 cm³/mol. The number of hydrogen-bond acceptors (Lipinski definition) is 3. The molecule has 3 nitrogen and oxygen atoms in total. The van der Waals surface area contributed by atoms with Crippen LogP contribution < -0.4 is 0 Å². The second kappa shape index (κ2) is 7.50. The molecule has 4 heteroatoms. The van der Waals surface area contributed by atoms with Crippen molar-refractivity contribution in [3.05, 3.63) is 40.4 Å². The van der Waals surface area contributed by atoms with Crippen molar-refractivity contribution in [3.8, 4) is 0 Å². The molecule has 124 valence electrons. The Kier molecular flexibility index (Phi) is 5.39. The summed E-state index contributed by atoms with van der Waals surface area (Å²) in [5.41, 5.74) is 2.31. The molecular weight excluding hydrogens is 312 g/mol. The molecule has 2 aliphatic rings. The first-order valence-corrected chi connectivity index (χ1v) is 8.85. The number of cyclic esters (lactones) is 1. The van der Waals surface area contributed by atoms with Gasteiger partial charge in [-0.15, -0.1) is 0 Å². The molecule has 1 aliphatic carbocycles. The van der Waals surface area contributed by atoms with E-state index in [1.54, 1.807) is 0 Å². The number of carbonyl (C=O) groups excluding carboxylic acids is 1. The number of halogens is 1. The van der Waals surface area contributed by atoms with Gasteiger partial charge in [0.15, 0.2) is 0 Å². The van der Waals surface area contributed by atoms with Gasteiger partial charge >= 0.3 is 5.97 Å². The fraction of sp³-hybridized carbons (Fsp3) is 0.526. The maximum absolute atomic E-state index is 11.4. The zero-order chi connectivity index (χ0) is 16.2. The van der Waals surface area contributed by atoms with E-state index in [4.69, 9.17) is 16.3 Å². The SMILES string of the molecule is O=C1CC(O)CC(C=Cc2c(Cl)cccc2C2CCCCC2)O1. The third kappa shape index (κ3) is 4.15. The van der Waals surface area contributed by atoms with Crippen molar-refractivity contribution in [2.45, 2.75) is 63.1 Å². The van der Waals surface area contributed by atoms with E-state index < -0.39 is 6.10 Å². The molecule has 0 amide bonds. The molecule has 0 radical (unpaired) electrons. The second-order valence-electron chi connectivity index (χ2n) is 6.56. The van der Waals surface area contributed by atoms with E-state index in [1.807, 2.05) is 24.3 Å². The van der Waals surface area contributed by atoms with Crippen molar-refractivity contribution in [1.29, 1.82) is 0 Å². The van der Waals surface area contributed by atoms with E-state index in [-0.39, 0.29) is 18.5 Å². The number of esters is 1. The van der Waals surface area contributed by atoms with Gasteiger partial charge in [-0.2, -0.15) is 0 Å². The fourth-order valence-electron chi connectivity index (χ4n) is 3.63. The number of hydrogen-bond donors (Lipinski definition) is 1. The third-order valence-electron chi connectivity index (χ3n) is 4.80. The van der Waals surface area contributed by atoms with Crippen molar-refractivity contribution in [3.63, 3.8) is 0 Å². The van der Waals surface area contributed by atoms with E-state index in [1.165, 1.54) is 37.7 Å². The number of aliphatic hydroxyl groups excluding tert-OH is 1. The summed E-state index contributed by atoms with van der Waals surface area (Å²) in [7, 11) is 0. The molecule has 0 spiro atoms. The van der Waals surface area contributed by atoms with Crippen LogP contribution in [0.5, 0.6) is 0 Å². The summed E-state index contributed by atoms with van der Waals surface area (Å²) in [5.74, 6) is 0.214. The van der Waals surface area contributed by atoms with Crippen molar-refractivity contribution < 1.29 is 14.6 Å². The maximum atomic E-state index is 11.4. The van der Waals surface area contributed by atoms with Gasteiger partial charge in [0.1, 0.15) is 6.10 Å². The van der Waals surface area contributed by atoms with Gasteiger partial charge in [0, 0.05) is 11.4 Å². The van der Waals surface area contributed by atoms with Crippen molar-refractivity contribution >= 4 is 23.6 Å². The first-order valence-electron chi connectivity index (χ1n) is 8.47. The highest BCUT2D eigenvalue weighted by atomic mass is 35.5. The van der Waals surface area contributed by atoms with Gasteiger partial charge < -0.3 is 9.84 Å². The Morgan fingerprint density at radius 2 is 2.00 bits per heavy atom. The van der Waals surface area contributed by atoms with Crippen LogP contribution in [0.15, 0.2) is 24.3 Å². The second-order valence-corrected chi connectivity index (χ2v) is 6.97. The summed E-state index contributed by atoms with van der Waals surface area (Å²) < 4.78 is 5.27. The minimum Gasteiger partial charge on any atom is -0.458 e. The molecule has 2 atom stereocenters. The quantitative estimate of drug-likeness (QED) is 0.830. The van der Waals surface area contributed by atoms with E-state index in [0.717, 1.165) is 10.6 Å². The number of carbonyl (C=O) groups is 1. The molecule has 1 heterocycles. The molecule has 2 unspecified atom stereocenters. The fourth-order valence-corrected chi connectivity index (χ4v) is 3.87. The van der Waals surface area contributed by atoms with Crippen LogP contribution in [-0.4, -0.2) is 23.3 Å². The largest absolute Gasteiger partial charge is 0.458 e. The normalized spacial score (nSPS) is 26.4. The van der Waals surface area contributed by atoms with Crippen LogP contribution in [0, 0.1) is 0 Å². The number of aliphatic hydroxyl groups is 1. The Morgan fingerprint density at radius 3 is 2.74 bits per heavy atom. The van der Waals surface area contributed by atoms with Crippen LogP contribution in [-0.2, 0) is 9.53 Å². The lowest BCUT2D eigenvalue weighted by molar-refractivity contribution is -0.156. The molecule has 1 N–H and O–H groups in total. The van der Waals surface area contributed by atoms with Crippen LogP contribution in [0.25, 0.3) is 6.08 Å². The lowest BCUT2D eigenvalue weighted by Crippen LogP contribution is -2.31. The van der Waals surface area contributed by atoms with Crippen molar-refractivity contribution in [2.75, 3.05) is 0 Å². The molecule has 1 saturated heterocycles. The number of rotatable bonds is 3. The molecule has 0 bridgehead atoms. The Bertz CT molecular complexity index is 590. The average Bonchev–Trinajstić information content (AvgIpc) is 2.53. The molecule has 1 saturated carbocycles. The summed E-state index contributed by atoms with van der Waals surface area (Å²) in [6.45, 7) is 0. The number of benzene rings is 1. The Hall–Kier alpha value is -1.32. The molecule has 1 aliphatic heterocycles. The van der Waals surface area contributed by atoms with Gasteiger partial charge in [-0.3, -0.25) is 4.79 Å². The highest BCUT2D eigenvalue weighted by Gasteiger charge is 2.25. The highest BCUT2D eigenvalue weighted by molar-refractivity contribution is 6.32. The minimum atomic E-state index is -0.616. The zero-order valence-corrected chi connectivity index (χ0v) is 14.0. The van der Waals surface area contributed by atoms with Gasteiger partial charge in [-0.1, -0.05) is 49.1 Å². The topological polar surface area (TPSA) is 46.5 Å². The summed E-state index contributed by atoms with van der Waals surface area (Å²) in [5, 5.41) is 10.4. The summed E-state index contributed by atoms with van der Waals surface area (Å²) in [6.07, 6.45) is 9.64. The molecule has 2 fully saturated rings. The van der Waals surface area contributed by atoms with Gasteiger partial charge in [-0.25, -0.2) is 0 Å². The zero-order valence-electron chi connectivity index (χ0n) is 13.2. The Morgan fingerprint density at radius 1 is 1.22 bits per heavy atom. The maximum Gasteiger partial charge on any atom is 0.309 e. The molecule has 3 rings (SSSR count). The first-order chi connectivity index (χ1) is 11.1. The van der Waals surface area contributed by atoms with Crippen LogP contribution in [0.1, 0.15) is 62.0 Å². The monoisotopic (exact) mass is 334 g/mol. The van der Waals surface area contributed by atoms with E-state index in [2.05, 4.69) is 6.07 Å². The lowest BCUT2D eigenvalue weighted by Gasteiger charge is -2.25. The summed E-state index contributed by atoms with van der Waals surface area (Å²) >= 11 is 6.42. The van der Waals surface area contributed by atoms with E-state index in [9.17, 15) is 9.90 Å². The average molecular weight is 335 g/mol. The van der Waals surface area contributed by atoms with Crippen molar-refractivity contribution in [1.82, 2.24) is 0 Å². The Balaban J connectivity index is 1.81. The van der Waals surface area contributed by atoms with Crippen molar-refractivity contribution in [2.24, 2.45) is 0 Å². The van der Waals surface area contributed by atoms with Crippen LogP contribution in [0.4, 0.5) is 0 Å².